The largest absolute Gasteiger partial charge is 0.305 e. The molecule has 0 saturated heterocycles. The second-order valence-corrected chi connectivity index (χ2v) is 5.79. The fourth-order valence-electron chi connectivity index (χ4n) is 2.04. The zero-order valence-corrected chi connectivity index (χ0v) is 11.1. The highest BCUT2D eigenvalue weighted by molar-refractivity contribution is 8.00. The van der Waals surface area contributed by atoms with Crippen LogP contribution in [0.25, 0.3) is 0 Å². The van der Waals surface area contributed by atoms with E-state index in [1.807, 2.05) is 42.1 Å². The van der Waals surface area contributed by atoms with Crippen LogP contribution >= 0.6 is 11.8 Å². The van der Waals surface area contributed by atoms with Gasteiger partial charge in [0.05, 0.1) is 6.54 Å². The first-order chi connectivity index (χ1) is 8.35. The van der Waals surface area contributed by atoms with Crippen molar-refractivity contribution >= 4 is 11.8 Å². The van der Waals surface area contributed by atoms with E-state index in [1.54, 1.807) is 0 Å². The van der Waals surface area contributed by atoms with E-state index in [0.717, 1.165) is 18.7 Å². The van der Waals surface area contributed by atoms with Crippen molar-refractivity contribution in [2.75, 3.05) is 19.3 Å². The first-order valence-corrected chi connectivity index (χ1v) is 7.37. The maximum Gasteiger partial charge on any atom is 0.0580 e. The molecule has 0 aromatic heterocycles. The first kappa shape index (κ1) is 12.5. The Morgan fingerprint density at radius 3 is 2.65 bits per heavy atom. The van der Waals surface area contributed by atoms with E-state index in [-0.39, 0.29) is 0 Å². The second-order valence-electron chi connectivity index (χ2n) is 4.51. The molecule has 1 aliphatic rings. The van der Waals surface area contributed by atoms with Gasteiger partial charge in [-0.25, -0.2) is 0 Å². The van der Waals surface area contributed by atoms with Crippen molar-refractivity contribution in [3.8, 4) is 11.8 Å². The van der Waals surface area contributed by atoms with Crippen molar-refractivity contribution in [3.63, 3.8) is 0 Å². The lowest BCUT2D eigenvalue weighted by Gasteiger charge is -2.40. The van der Waals surface area contributed by atoms with Gasteiger partial charge < -0.3 is 5.32 Å². The number of thioether (sulfide) groups is 1. The van der Waals surface area contributed by atoms with Crippen molar-refractivity contribution in [2.45, 2.75) is 24.0 Å². The summed E-state index contributed by atoms with van der Waals surface area (Å²) in [5, 5.41) is 3.45. The average molecular weight is 245 g/mol. The molecule has 0 bridgehead atoms. The predicted octanol–water partition coefficient (Wildman–Crippen LogP) is 2.91. The van der Waals surface area contributed by atoms with Crippen molar-refractivity contribution in [1.82, 2.24) is 5.32 Å². The molecule has 90 valence electrons. The standard InChI is InChI=1S/C15H19NS/c1-17-15(10-6-11-15)13-16-12-5-9-14-7-3-2-4-8-14/h2-4,7-8,16H,6,10-13H2,1H3. The molecule has 2 heteroatoms. The summed E-state index contributed by atoms with van der Waals surface area (Å²) < 4.78 is 0.508. The summed E-state index contributed by atoms with van der Waals surface area (Å²) in [4.78, 5) is 0. The predicted molar refractivity (Wildman–Crippen MR) is 76.3 cm³/mol. The van der Waals surface area contributed by atoms with E-state index in [1.165, 1.54) is 19.3 Å². The summed E-state index contributed by atoms with van der Waals surface area (Å²) in [6, 6.07) is 10.1. The van der Waals surface area contributed by atoms with E-state index >= 15 is 0 Å². The lowest BCUT2D eigenvalue weighted by Crippen LogP contribution is -2.43. The molecule has 0 unspecified atom stereocenters. The van der Waals surface area contributed by atoms with Gasteiger partial charge in [-0.05, 0) is 31.2 Å². The molecular weight excluding hydrogens is 226 g/mol. The Bertz CT molecular complexity index is 392. The third-order valence-electron chi connectivity index (χ3n) is 3.36. The Hall–Kier alpha value is -0.910. The van der Waals surface area contributed by atoms with Gasteiger partial charge in [0.2, 0.25) is 0 Å². The maximum atomic E-state index is 3.45. The average Bonchev–Trinajstić information content (AvgIpc) is 2.33. The highest BCUT2D eigenvalue weighted by Crippen LogP contribution is 2.41. The maximum absolute atomic E-state index is 3.45. The topological polar surface area (TPSA) is 12.0 Å². The van der Waals surface area contributed by atoms with E-state index in [2.05, 4.69) is 23.4 Å². The molecule has 1 aromatic carbocycles. The van der Waals surface area contributed by atoms with Crippen LogP contribution in [0.5, 0.6) is 0 Å². The Balaban J connectivity index is 1.72. The molecule has 0 amide bonds. The van der Waals surface area contributed by atoms with Gasteiger partial charge in [0.15, 0.2) is 0 Å². The van der Waals surface area contributed by atoms with Crippen LogP contribution in [-0.4, -0.2) is 24.1 Å². The number of nitrogens with one attached hydrogen (secondary N) is 1. The van der Waals surface area contributed by atoms with Crippen LogP contribution in [0, 0.1) is 11.8 Å². The molecule has 1 fully saturated rings. The molecule has 0 radical (unpaired) electrons. The van der Waals surface area contributed by atoms with E-state index < -0.39 is 0 Å². The number of hydrogen-bond donors (Lipinski definition) is 1. The molecule has 2 rings (SSSR count). The van der Waals surface area contributed by atoms with Crippen molar-refractivity contribution in [1.29, 1.82) is 0 Å². The van der Waals surface area contributed by atoms with Crippen molar-refractivity contribution in [2.24, 2.45) is 0 Å². The van der Waals surface area contributed by atoms with E-state index in [9.17, 15) is 0 Å². The summed E-state index contributed by atoms with van der Waals surface area (Å²) >= 11 is 2.00. The molecule has 17 heavy (non-hydrogen) atoms. The summed E-state index contributed by atoms with van der Waals surface area (Å²) in [6.07, 6.45) is 6.31. The Morgan fingerprint density at radius 2 is 2.06 bits per heavy atom. The third-order valence-corrected chi connectivity index (χ3v) is 4.78. The fraction of sp³-hybridized carbons (Fsp3) is 0.467. The van der Waals surface area contributed by atoms with Crippen LogP contribution in [0.1, 0.15) is 24.8 Å². The van der Waals surface area contributed by atoms with Crippen molar-refractivity contribution < 1.29 is 0 Å². The van der Waals surface area contributed by atoms with E-state index in [0.29, 0.717) is 4.75 Å². The molecule has 1 aliphatic carbocycles. The van der Waals surface area contributed by atoms with Crippen LogP contribution in [-0.2, 0) is 0 Å². The van der Waals surface area contributed by atoms with Gasteiger partial charge in [-0.15, -0.1) is 0 Å². The summed E-state index contributed by atoms with van der Waals surface area (Å²) in [5.41, 5.74) is 1.09. The van der Waals surface area contributed by atoms with Crippen molar-refractivity contribution in [3.05, 3.63) is 35.9 Å². The Kier molecular flexibility index (Phi) is 4.53. The lowest BCUT2D eigenvalue weighted by molar-refractivity contribution is 0.351. The second kappa shape index (κ2) is 6.14. The number of hydrogen-bond acceptors (Lipinski definition) is 2. The minimum atomic E-state index is 0.508. The molecule has 1 aromatic rings. The van der Waals surface area contributed by atoms with Crippen LogP contribution in [0.2, 0.25) is 0 Å². The smallest absolute Gasteiger partial charge is 0.0580 e. The van der Waals surface area contributed by atoms with Gasteiger partial charge >= 0.3 is 0 Å². The van der Waals surface area contributed by atoms with Gasteiger partial charge in [0, 0.05) is 16.9 Å². The zero-order valence-electron chi connectivity index (χ0n) is 10.3. The van der Waals surface area contributed by atoms with Gasteiger partial charge in [-0.1, -0.05) is 36.5 Å². The molecule has 1 N–H and O–H groups in total. The molecule has 0 atom stereocenters. The molecular formula is C15H19NS. The van der Waals surface area contributed by atoms with Crippen LogP contribution in [0.4, 0.5) is 0 Å². The minimum Gasteiger partial charge on any atom is -0.305 e. The lowest BCUT2D eigenvalue weighted by atomic mass is 9.84. The van der Waals surface area contributed by atoms with Gasteiger partial charge in [0.1, 0.15) is 0 Å². The molecule has 1 saturated carbocycles. The Labute approximate surface area is 108 Å². The third kappa shape index (κ3) is 3.52. The fourth-order valence-corrected chi connectivity index (χ4v) is 2.99. The summed E-state index contributed by atoms with van der Waals surface area (Å²) in [7, 11) is 0. The zero-order chi connectivity index (χ0) is 12.0. The van der Waals surface area contributed by atoms with Crippen LogP contribution < -0.4 is 5.32 Å². The normalized spacial score (nSPS) is 16.8. The van der Waals surface area contributed by atoms with Crippen LogP contribution in [0.15, 0.2) is 30.3 Å². The quantitative estimate of drug-likeness (QED) is 0.646. The summed E-state index contributed by atoms with van der Waals surface area (Å²) in [5.74, 6) is 6.34. The molecule has 0 heterocycles. The first-order valence-electron chi connectivity index (χ1n) is 6.14. The Morgan fingerprint density at radius 1 is 1.29 bits per heavy atom. The molecule has 1 nitrogen and oxygen atoms in total. The monoisotopic (exact) mass is 245 g/mol. The summed E-state index contributed by atoms with van der Waals surface area (Å²) in [6.45, 7) is 1.88. The van der Waals surface area contributed by atoms with Gasteiger partial charge in [-0.3, -0.25) is 0 Å². The highest BCUT2D eigenvalue weighted by atomic mass is 32.2. The SMILES string of the molecule is CSC1(CNCC#Cc2ccccc2)CCC1. The van der Waals surface area contributed by atoms with Gasteiger partial charge in [0.25, 0.3) is 0 Å². The molecule has 0 spiro atoms. The van der Waals surface area contributed by atoms with E-state index in [4.69, 9.17) is 0 Å². The van der Waals surface area contributed by atoms with Crippen LogP contribution in [0.3, 0.4) is 0 Å². The number of rotatable bonds is 4. The minimum absolute atomic E-state index is 0.508. The van der Waals surface area contributed by atoms with Gasteiger partial charge in [-0.2, -0.15) is 11.8 Å². The molecule has 0 aliphatic heterocycles. The highest BCUT2D eigenvalue weighted by Gasteiger charge is 2.35. The number of benzene rings is 1.